The van der Waals surface area contributed by atoms with Crippen molar-refractivity contribution in [1.29, 1.82) is 0 Å². The molecule has 0 saturated carbocycles. The van der Waals surface area contributed by atoms with Gasteiger partial charge in [0.15, 0.2) is 0 Å². The van der Waals surface area contributed by atoms with E-state index in [1.165, 1.54) is 0 Å². The molecule has 0 aromatic rings. The smallest absolute Gasteiger partial charge is 0.0457 e. The van der Waals surface area contributed by atoms with E-state index in [1.54, 1.807) is 24.3 Å². The zero-order chi connectivity index (χ0) is 22.1. The van der Waals surface area contributed by atoms with Gasteiger partial charge in [-0.2, -0.15) is 0 Å². The Kier molecular flexibility index (Phi) is 33.7. The van der Waals surface area contributed by atoms with Crippen LogP contribution in [0.15, 0.2) is 110 Å². The van der Waals surface area contributed by atoms with Crippen molar-refractivity contribution in [3.05, 3.63) is 110 Å². The Morgan fingerprint density at radius 1 is 0.630 bits per heavy atom. The van der Waals surface area contributed by atoms with E-state index in [0.717, 1.165) is 17.1 Å². The first-order chi connectivity index (χ1) is 13.2. The lowest BCUT2D eigenvalue weighted by atomic mass is 10.2. The summed E-state index contributed by atoms with van der Waals surface area (Å²) in [6.07, 6.45) is 20.9. The minimum absolute atomic E-state index is 0.929. The first-order valence-electron chi connectivity index (χ1n) is 9.86. The SMILES string of the molecule is C=C/C=C\C(=C/C)N(/C(C=C)=C/C=C)C(/C=C\C)=C/C=C.CC.CC.CC. The Morgan fingerprint density at radius 3 is 1.44 bits per heavy atom. The predicted octanol–water partition coefficient (Wildman–Crippen LogP) is 8.91. The van der Waals surface area contributed by atoms with Gasteiger partial charge < -0.3 is 4.90 Å². The van der Waals surface area contributed by atoms with E-state index in [9.17, 15) is 0 Å². The van der Waals surface area contributed by atoms with Crippen molar-refractivity contribution in [2.45, 2.75) is 55.4 Å². The van der Waals surface area contributed by atoms with E-state index in [1.807, 2.05) is 97.9 Å². The number of nitrogens with zero attached hydrogens (tertiary/aromatic N) is 1. The summed E-state index contributed by atoms with van der Waals surface area (Å²) in [6, 6.07) is 0. The van der Waals surface area contributed by atoms with Crippen molar-refractivity contribution < 1.29 is 0 Å². The molecule has 0 N–H and O–H groups in total. The van der Waals surface area contributed by atoms with Crippen LogP contribution in [0.25, 0.3) is 0 Å². The van der Waals surface area contributed by atoms with Crippen LogP contribution < -0.4 is 0 Å². The summed E-state index contributed by atoms with van der Waals surface area (Å²) in [5.41, 5.74) is 2.93. The van der Waals surface area contributed by atoms with Gasteiger partial charge in [0.05, 0.1) is 0 Å². The lowest BCUT2D eigenvalue weighted by Crippen LogP contribution is -2.19. The van der Waals surface area contributed by atoms with E-state index in [2.05, 4.69) is 31.2 Å². The largest absolute Gasteiger partial charge is 0.311 e. The van der Waals surface area contributed by atoms with Gasteiger partial charge in [0.1, 0.15) is 0 Å². The van der Waals surface area contributed by atoms with Gasteiger partial charge in [-0.05, 0) is 44.2 Å². The standard InChI is InChI=1S/C20H25N.3C2H6/c1-7-13-17-19(12-6)21(18(11-5)14-8-2)20(15-9-3)16-10-4;3*1-2/h7-17H,1-3,5H2,4,6H3;3*1-2H3/b16-10-,17-13-,18-14+,19-12+,20-15+;;;. The van der Waals surface area contributed by atoms with E-state index in [0.29, 0.717) is 0 Å². The lowest BCUT2D eigenvalue weighted by Gasteiger charge is -2.28. The molecule has 0 amide bonds. The third kappa shape index (κ3) is 15.4. The number of rotatable bonds is 9. The maximum atomic E-state index is 3.89. The molecule has 0 radical (unpaired) electrons. The normalized spacial score (nSPS) is 11.2. The molecule has 27 heavy (non-hydrogen) atoms. The Balaban J connectivity index is -0.000000397. The minimum Gasteiger partial charge on any atom is -0.311 e. The average Bonchev–Trinajstić information content (AvgIpc) is 2.74. The topological polar surface area (TPSA) is 3.24 Å². The summed E-state index contributed by atoms with van der Waals surface area (Å²) >= 11 is 0. The second-order valence-corrected chi connectivity index (χ2v) is 4.00. The Labute approximate surface area is 170 Å². The number of allylic oxidation sites excluding steroid dienone is 11. The summed E-state index contributed by atoms with van der Waals surface area (Å²) in [5, 5.41) is 0. The highest BCUT2D eigenvalue weighted by atomic mass is 15.2. The molecular weight excluding hydrogens is 326 g/mol. The van der Waals surface area contributed by atoms with Crippen molar-refractivity contribution >= 4 is 0 Å². The van der Waals surface area contributed by atoms with Crippen LogP contribution in [-0.4, -0.2) is 4.90 Å². The number of hydrogen-bond donors (Lipinski definition) is 0. The van der Waals surface area contributed by atoms with Gasteiger partial charge >= 0.3 is 0 Å². The second kappa shape index (κ2) is 28.3. The maximum absolute atomic E-state index is 3.89. The highest BCUT2D eigenvalue weighted by molar-refractivity contribution is 5.40. The van der Waals surface area contributed by atoms with Gasteiger partial charge in [-0.3, -0.25) is 0 Å². The monoisotopic (exact) mass is 369 g/mol. The van der Waals surface area contributed by atoms with Crippen LogP contribution in [0.2, 0.25) is 0 Å². The molecule has 0 aliphatic rings. The van der Waals surface area contributed by atoms with Crippen molar-refractivity contribution in [1.82, 2.24) is 4.90 Å². The fourth-order valence-corrected chi connectivity index (χ4v) is 1.76. The summed E-state index contributed by atoms with van der Waals surface area (Å²) in [6.45, 7) is 31.1. The third-order valence-electron chi connectivity index (χ3n) is 2.60. The van der Waals surface area contributed by atoms with Crippen LogP contribution in [0.3, 0.4) is 0 Å². The Morgan fingerprint density at radius 2 is 1.11 bits per heavy atom. The van der Waals surface area contributed by atoms with E-state index >= 15 is 0 Å². The van der Waals surface area contributed by atoms with Crippen molar-refractivity contribution in [3.63, 3.8) is 0 Å². The molecule has 0 aliphatic carbocycles. The highest BCUT2D eigenvalue weighted by Gasteiger charge is 2.12. The van der Waals surface area contributed by atoms with Gasteiger partial charge in [-0.15, -0.1) is 0 Å². The predicted molar refractivity (Wildman–Crippen MR) is 131 cm³/mol. The molecule has 1 nitrogen and oxygen atoms in total. The molecule has 0 unspecified atom stereocenters. The average molecular weight is 370 g/mol. The van der Waals surface area contributed by atoms with E-state index < -0.39 is 0 Å². The summed E-state index contributed by atoms with van der Waals surface area (Å²) < 4.78 is 0. The van der Waals surface area contributed by atoms with Gasteiger partial charge in [-0.25, -0.2) is 0 Å². The molecular formula is C26H43N. The van der Waals surface area contributed by atoms with E-state index in [4.69, 9.17) is 0 Å². The van der Waals surface area contributed by atoms with Crippen LogP contribution in [0.5, 0.6) is 0 Å². The first-order valence-corrected chi connectivity index (χ1v) is 9.86. The fraction of sp³-hybridized carbons (Fsp3) is 0.308. The molecule has 0 aromatic heterocycles. The van der Waals surface area contributed by atoms with Crippen LogP contribution in [0, 0.1) is 0 Å². The molecule has 0 aromatic carbocycles. The summed E-state index contributed by atoms with van der Waals surface area (Å²) in [7, 11) is 0. The molecule has 152 valence electrons. The summed E-state index contributed by atoms with van der Waals surface area (Å²) in [5.74, 6) is 0. The third-order valence-corrected chi connectivity index (χ3v) is 2.60. The zero-order valence-corrected chi connectivity index (χ0v) is 19.1. The molecule has 0 spiro atoms. The second-order valence-electron chi connectivity index (χ2n) is 4.00. The van der Waals surface area contributed by atoms with E-state index in [-0.39, 0.29) is 0 Å². The van der Waals surface area contributed by atoms with Crippen LogP contribution in [0.1, 0.15) is 55.4 Å². The molecule has 0 rings (SSSR count). The van der Waals surface area contributed by atoms with Crippen molar-refractivity contribution in [2.24, 2.45) is 0 Å². The van der Waals surface area contributed by atoms with Gasteiger partial charge in [0, 0.05) is 17.1 Å². The van der Waals surface area contributed by atoms with Crippen LogP contribution >= 0.6 is 0 Å². The van der Waals surface area contributed by atoms with Crippen LogP contribution in [0.4, 0.5) is 0 Å². The van der Waals surface area contributed by atoms with Gasteiger partial charge in [0.2, 0.25) is 0 Å². The minimum atomic E-state index is 0.929. The van der Waals surface area contributed by atoms with Gasteiger partial charge in [0.25, 0.3) is 0 Å². The Hall–Kier alpha value is -2.54. The first kappa shape index (κ1) is 32.2. The number of hydrogen-bond acceptors (Lipinski definition) is 1. The fourth-order valence-electron chi connectivity index (χ4n) is 1.76. The lowest BCUT2D eigenvalue weighted by molar-refractivity contribution is 0.577. The molecule has 0 fully saturated rings. The molecule has 0 atom stereocenters. The highest BCUT2D eigenvalue weighted by Crippen LogP contribution is 2.23. The molecule has 0 heterocycles. The summed E-state index contributed by atoms with van der Waals surface area (Å²) in [4.78, 5) is 2.08. The Bertz CT molecular complexity index is 522. The quantitative estimate of drug-likeness (QED) is 0.367. The van der Waals surface area contributed by atoms with Crippen LogP contribution in [-0.2, 0) is 0 Å². The molecule has 0 saturated heterocycles. The zero-order valence-electron chi connectivity index (χ0n) is 19.1. The van der Waals surface area contributed by atoms with Crippen molar-refractivity contribution in [3.8, 4) is 0 Å². The molecule has 0 aliphatic heterocycles. The molecule has 0 bridgehead atoms. The maximum Gasteiger partial charge on any atom is 0.0457 e. The van der Waals surface area contributed by atoms with Gasteiger partial charge in [-0.1, -0.05) is 104 Å². The molecule has 1 heteroatoms. The van der Waals surface area contributed by atoms with Crippen molar-refractivity contribution in [2.75, 3.05) is 0 Å².